The summed E-state index contributed by atoms with van der Waals surface area (Å²) < 4.78 is 1.06. The van der Waals surface area contributed by atoms with Gasteiger partial charge in [0.05, 0.1) is 16.8 Å². The second-order valence-electron chi connectivity index (χ2n) is 3.50. The van der Waals surface area contributed by atoms with Crippen LogP contribution in [0.15, 0.2) is 18.2 Å². The molecule has 0 aliphatic carbocycles. The van der Waals surface area contributed by atoms with E-state index in [-0.39, 0.29) is 12.6 Å². The van der Waals surface area contributed by atoms with Crippen LogP contribution in [-0.4, -0.2) is 22.7 Å². The van der Waals surface area contributed by atoms with E-state index in [4.69, 9.17) is 16.6 Å². The highest BCUT2D eigenvalue weighted by atomic mass is 32.1. The normalized spacial score (nSPS) is 13.2. The van der Waals surface area contributed by atoms with Gasteiger partial charge in [-0.15, -0.1) is 0 Å². The van der Waals surface area contributed by atoms with Crippen molar-refractivity contribution in [3.63, 3.8) is 0 Å². The maximum Gasteiger partial charge on any atom is 0.181 e. The molecule has 4 nitrogen and oxygen atoms in total. The number of nitrogens with zero attached hydrogens (tertiary/aromatic N) is 1. The number of nitrogen functional groups attached to an aromatic ring is 1. The molecular formula is C10H13N3OS. The molecule has 0 bridgehead atoms. The van der Waals surface area contributed by atoms with E-state index < -0.39 is 0 Å². The molecule has 1 aromatic carbocycles. The molecule has 1 aromatic heterocycles. The largest absolute Gasteiger partial charge is 0.395 e. The van der Waals surface area contributed by atoms with E-state index in [2.05, 4.69) is 4.98 Å². The third-order valence-electron chi connectivity index (χ3n) is 2.20. The molecule has 80 valence electrons. The van der Waals surface area contributed by atoms with Gasteiger partial charge in [-0.1, -0.05) is 17.4 Å². The summed E-state index contributed by atoms with van der Waals surface area (Å²) in [6, 6.07) is 5.73. The van der Waals surface area contributed by atoms with Crippen molar-refractivity contribution in [3.05, 3.63) is 23.8 Å². The van der Waals surface area contributed by atoms with Gasteiger partial charge in [0.1, 0.15) is 0 Å². The summed E-state index contributed by atoms with van der Waals surface area (Å²) in [4.78, 5) is 4.17. The number of aliphatic hydroxyl groups is 1. The van der Waals surface area contributed by atoms with Gasteiger partial charge < -0.3 is 16.6 Å². The Morgan fingerprint density at radius 3 is 3.00 bits per heavy atom. The lowest BCUT2D eigenvalue weighted by atomic mass is 10.1. The molecule has 5 heteroatoms. The number of hydrogen-bond acceptors (Lipinski definition) is 5. The minimum Gasteiger partial charge on any atom is -0.395 e. The summed E-state index contributed by atoms with van der Waals surface area (Å²) in [5.74, 6) is 0. The van der Waals surface area contributed by atoms with Crippen LogP contribution >= 0.6 is 11.3 Å². The third-order valence-corrected chi connectivity index (χ3v) is 3.05. The van der Waals surface area contributed by atoms with Crippen LogP contribution in [0.3, 0.4) is 0 Å². The average molecular weight is 223 g/mol. The molecule has 15 heavy (non-hydrogen) atoms. The molecule has 0 aliphatic heterocycles. The zero-order valence-corrected chi connectivity index (χ0v) is 9.00. The van der Waals surface area contributed by atoms with Gasteiger partial charge in [-0.3, -0.25) is 0 Å². The Hall–Kier alpha value is -1.17. The first-order valence-electron chi connectivity index (χ1n) is 4.70. The van der Waals surface area contributed by atoms with Crippen LogP contribution in [0.1, 0.15) is 5.56 Å². The van der Waals surface area contributed by atoms with Gasteiger partial charge in [0.2, 0.25) is 0 Å². The van der Waals surface area contributed by atoms with E-state index in [1.807, 2.05) is 18.2 Å². The van der Waals surface area contributed by atoms with E-state index in [0.717, 1.165) is 15.8 Å². The Kier molecular flexibility index (Phi) is 2.86. The van der Waals surface area contributed by atoms with Gasteiger partial charge >= 0.3 is 0 Å². The third kappa shape index (κ3) is 2.26. The van der Waals surface area contributed by atoms with Crippen LogP contribution in [0.25, 0.3) is 10.2 Å². The Bertz CT molecular complexity index is 469. The van der Waals surface area contributed by atoms with Crippen molar-refractivity contribution in [3.8, 4) is 0 Å². The van der Waals surface area contributed by atoms with Gasteiger partial charge in [0.15, 0.2) is 5.13 Å². The summed E-state index contributed by atoms with van der Waals surface area (Å²) >= 11 is 1.46. The fourth-order valence-electron chi connectivity index (χ4n) is 1.48. The molecule has 0 saturated carbocycles. The number of rotatable bonds is 3. The summed E-state index contributed by atoms with van der Waals surface area (Å²) in [5.41, 5.74) is 13.3. The molecule has 0 saturated heterocycles. The maximum absolute atomic E-state index is 8.86. The second-order valence-corrected chi connectivity index (χ2v) is 4.56. The molecule has 0 fully saturated rings. The lowest BCUT2D eigenvalue weighted by Crippen LogP contribution is -2.26. The summed E-state index contributed by atoms with van der Waals surface area (Å²) in [5, 5.41) is 9.44. The molecule has 0 amide bonds. The summed E-state index contributed by atoms with van der Waals surface area (Å²) in [6.45, 7) is 0.00284. The Morgan fingerprint density at radius 1 is 1.47 bits per heavy atom. The number of benzene rings is 1. The summed E-state index contributed by atoms with van der Waals surface area (Å²) in [7, 11) is 0. The van der Waals surface area contributed by atoms with Gasteiger partial charge in [0, 0.05) is 6.04 Å². The number of nitrogens with two attached hydrogens (primary N) is 2. The number of aliphatic hydroxyl groups excluding tert-OH is 1. The minimum atomic E-state index is -0.201. The van der Waals surface area contributed by atoms with Gasteiger partial charge in [-0.05, 0) is 24.1 Å². The highest BCUT2D eigenvalue weighted by Gasteiger charge is 2.05. The van der Waals surface area contributed by atoms with Crippen LogP contribution in [0, 0.1) is 0 Å². The fourth-order valence-corrected chi connectivity index (χ4v) is 2.28. The van der Waals surface area contributed by atoms with E-state index in [0.29, 0.717) is 11.6 Å². The minimum absolute atomic E-state index is 0.00284. The molecular weight excluding hydrogens is 210 g/mol. The molecule has 2 aromatic rings. The smallest absolute Gasteiger partial charge is 0.181 e. The molecule has 2 rings (SSSR count). The highest BCUT2D eigenvalue weighted by molar-refractivity contribution is 7.22. The zero-order valence-electron chi connectivity index (χ0n) is 8.18. The lowest BCUT2D eigenvalue weighted by Gasteiger charge is -2.07. The Balaban J connectivity index is 2.30. The number of aromatic nitrogens is 1. The van der Waals surface area contributed by atoms with Gasteiger partial charge in [-0.25, -0.2) is 4.98 Å². The van der Waals surface area contributed by atoms with Crippen LogP contribution in [-0.2, 0) is 6.42 Å². The van der Waals surface area contributed by atoms with Gasteiger partial charge in [-0.2, -0.15) is 0 Å². The molecule has 1 atom stereocenters. The topological polar surface area (TPSA) is 85.2 Å². The first kappa shape index (κ1) is 10.4. The Morgan fingerprint density at radius 2 is 2.27 bits per heavy atom. The zero-order chi connectivity index (χ0) is 10.8. The van der Waals surface area contributed by atoms with Crippen molar-refractivity contribution >= 4 is 26.7 Å². The lowest BCUT2D eigenvalue weighted by molar-refractivity contribution is 0.265. The first-order valence-corrected chi connectivity index (χ1v) is 5.52. The number of hydrogen-bond donors (Lipinski definition) is 3. The second kappa shape index (κ2) is 4.14. The molecule has 0 aliphatic rings. The quantitative estimate of drug-likeness (QED) is 0.716. The first-order chi connectivity index (χ1) is 7.19. The number of fused-ring (bicyclic) bond motifs is 1. The molecule has 0 spiro atoms. The fraction of sp³-hybridized carbons (Fsp3) is 0.300. The van der Waals surface area contributed by atoms with Gasteiger partial charge in [0.25, 0.3) is 0 Å². The molecule has 1 heterocycles. The van der Waals surface area contributed by atoms with E-state index in [1.54, 1.807) is 0 Å². The SMILES string of the molecule is Nc1nc2ccc(CC(N)CO)cc2s1. The van der Waals surface area contributed by atoms with Crippen LogP contribution in [0.2, 0.25) is 0 Å². The predicted molar refractivity (Wildman–Crippen MR) is 62.8 cm³/mol. The van der Waals surface area contributed by atoms with E-state index in [1.165, 1.54) is 11.3 Å². The van der Waals surface area contributed by atoms with E-state index in [9.17, 15) is 0 Å². The number of anilines is 1. The highest BCUT2D eigenvalue weighted by Crippen LogP contribution is 2.24. The number of thiazole rings is 1. The summed E-state index contributed by atoms with van der Waals surface area (Å²) in [6.07, 6.45) is 0.671. The molecule has 5 N–H and O–H groups in total. The predicted octanol–water partition coefficient (Wildman–Crippen LogP) is 0.741. The van der Waals surface area contributed by atoms with Crippen molar-refractivity contribution in [2.24, 2.45) is 5.73 Å². The van der Waals surface area contributed by atoms with Crippen molar-refractivity contribution in [2.45, 2.75) is 12.5 Å². The van der Waals surface area contributed by atoms with Crippen molar-refractivity contribution in [1.29, 1.82) is 0 Å². The monoisotopic (exact) mass is 223 g/mol. The maximum atomic E-state index is 8.86. The van der Waals surface area contributed by atoms with Crippen molar-refractivity contribution in [2.75, 3.05) is 12.3 Å². The average Bonchev–Trinajstić information content (AvgIpc) is 2.57. The van der Waals surface area contributed by atoms with Crippen molar-refractivity contribution < 1.29 is 5.11 Å². The standard InChI is InChI=1S/C10H13N3OS/c11-7(5-14)3-6-1-2-8-9(4-6)15-10(12)13-8/h1-2,4,7,14H,3,5,11H2,(H2,12,13). The molecule has 1 unspecified atom stereocenters. The van der Waals surface area contributed by atoms with Crippen LogP contribution in [0.5, 0.6) is 0 Å². The Labute approximate surface area is 91.5 Å². The van der Waals surface area contributed by atoms with Crippen molar-refractivity contribution in [1.82, 2.24) is 4.98 Å². The van der Waals surface area contributed by atoms with E-state index >= 15 is 0 Å². The van der Waals surface area contributed by atoms with Crippen LogP contribution < -0.4 is 11.5 Å². The van der Waals surface area contributed by atoms with Crippen LogP contribution in [0.4, 0.5) is 5.13 Å². The molecule has 0 radical (unpaired) electrons.